The standard InChI is InChI=1S/C16H19BrN2O/c1-11-3-5-13(6-4-11)16(19-8-12(2)20)14-7-15(17)10-18-9-14/h3-7,9-10,12,16,19-20H,8H2,1-2H3. The van der Waals surface area contributed by atoms with Crippen molar-refractivity contribution in [1.29, 1.82) is 0 Å². The maximum atomic E-state index is 9.51. The summed E-state index contributed by atoms with van der Waals surface area (Å²) in [6.07, 6.45) is 3.23. The van der Waals surface area contributed by atoms with E-state index in [4.69, 9.17) is 0 Å². The average molecular weight is 335 g/mol. The Morgan fingerprint density at radius 1 is 1.20 bits per heavy atom. The minimum Gasteiger partial charge on any atom is -0.392 e. The van der Waals surface area contributed by atoms with Crippen LogP contribution in [0.4, 0.5) is 0 Å². The highest BCUT2D eigenvalue weighted by atomic mass is 79.9. The quantitative estimate of drug-likeness (QED) is 0.882. The summed E-state index contributed by atoms with van der Waals surface area (Å²) >= 11 is 3.45. The van der Waals surface area contributed by atoms with Gasteiger partial charge in [-0.05, 0) is 47.0 Å². The molecule has 2 atom stereocenters. The molecule has 1 aromatic heterocycles. The largest absolute Gasteiger partial charge is 0.392 e. The highest BCUT2D eigenvalue weighted by molar-refractivity contribution is 9.10. The van der Waals surface area contributed by atoms with Crippen LogP contribution in [0.5, 0.6) is 0 Å². The Morgan fingerprint density at radius 2 is 1.90 bits per heavy atom. The van der Waals surface area contributed by atoms with Crippen LogP contribution in [0.1, 0.15) is 29.7 Å². The monoisotopic (exact) mass is 334 g/mol. The molecule has 1 aromatic carbocycles. The number of nitrogens with zero attached hydrogens (tertiary/aromatic N) is 1. The van der Waals surface area contributed by atoms with E-state index in [2.05, 4.69) is 57.4 Å². The van der Waals surface area contributed by atoms with E-state index in [1.165, 1.54) is 5.56 Å². The second-order valence-corrected chi connectivity index (χ2v) is 5.95. The Hall–Kier alpha value is -1.23. The lowest BCUT2D eigenvalue weighted by molar-refractivity contribution is 0.188. The predicted octanol–water partition coefficient (Wildman–Crippen LogP) is 3.21. The van der Waals surface area contributed by atoms with Gasteiger partial charge in [0.2, 0.25) is 0 Å². The molecule has 106 valence electrons. The van der Waals surface area contributed by atoms with Gasteiger partial charge in [-0.15, -0.1) is 0 Å². The van der Waals surface area contributed by atoms with Crippen LogP contribution in [0.3, 0.4) is 0 Å². The fraction of sp³-hybridized carbons (Fsp3) is 0.312. The molecule has 0 aliphatic heterocycles. The second-order valence-electron chi connectivity index (χ2n) is 5.04. The number of benzene rings is 1. The number of pyridine rings is 1. The summed E-state index contributed by atoms with van der Waals surface area (Å²) in [4.78, 5) is 4.23. The van der Waals surface area contributed by atoms with Crippen molar-refractivity contribution in [2.45, 2.75) is 26.0 Å². The first-order valence-corrected chi connectivity index (χ1v) is 7.44. The van der Waals surface area contributed by atoms with Crippen molar-refractivity contribution in [3.8, 4) is 0 Å². The molecule has 0 amide bonds. The Kier molecular flexibility index (Phi) is 5.29. The lowest BCUT2D eigenvalue weighted by Gasteiger charge is -2.21. The molecule has 2 unspecified atom stereocenters. The number of nitrogens with one attached hydrogen (secondary N) is 1. The third kappa shape index (κ3) is 4.13. The van der Waals surface area contributed by atoms with Crippen molar-refractivity contribution in [3.05, 3.63) is 63.9 Å². The van der Waals surface area contributed by atoms with Crippen LogP contribution in [0.15, 0.2) is 47.2 Å². The lowest BCUT2D eigenvalue weighted by Crippen LogP contribution is -2.29. The van der Waals surface area contributed by atoms with Gasteiger partial charge < -0.3 is 10.4 Å². The Balaban J connectivity index is 2.31. The number of rotatable bonds is 5. The highest BCUT2D eigenvalue weighted by Gasteiger charge is 2.15. The summed E-state index contributed by atoms with van der Waals surface area (Å²) < 4.78 is 0.950. The van der Waals surface area contributed by atoms with Gasteiger partial charge in [-0.3, -0.25) is 4.98 Å². The molecule has 0 aliphatic rings. The molecule has 20 heavy (non-hydrogen) atoms. The predicted molar refractivity (Wildman–Crippen MR) is 84.6 cm³/mol. The van der Waals surface area contributed by atoms with Crippen molar-refractivity contribution < 1.29 is 5.11 Å². The number of aromatic nitrogens is 1. The molecule has 3 nitrogen and oxygen atoms in total. The number of aryl methyl sites for hydroxylation is 1. The molecule has 2 rings (SSSR count). The Labute approximate surface area is 128 Å². The molecule has 0 saturated carbocycles. The maximum absolute atomic E-state index is 9.51. The molecule has 0 saturated heterocycles. The van der Waals surface area contributed by atoms with E-state index < -0.39 is 0 Å². The van der Waals surface area contributed by atoms with Crippen LogP contribution in [0.25, 0.3) is 0 Å². The van der Waals surface area contributed by atoms with Crippen molar-refractivity contribution >= 4 is 15.9 Å². The fourth-order valence-electron chi connectivity index (χ4n) is 2.06. The molecule has 4 heteroatoms. The van der Waals surface area contributed by atoms with Gasteiger partial charge in [0.1, 0.15) is 0 Å². The van der Waals surface area contributed by atoms with Crippen LogP contribution >= 0.6 is 15.9 Å². The number of halogens is 1. The smallest absolute Gasteiger partial charge is 0.0636 e. The Morgan fingerprint density at radius 3 is 2.50 bits per heavy atom. The van der Waals surface area contributed by atoms with Gasteiger partial charge in [-0.2, -0.15) is 0 Å². The summed E-state index contributed by atoms with van der Waals surface area (Å²) in [5, 5.41) is 12.9. The maximum Gasteiger partial charge on any atom is 0.0636 e. The first kappa shape index (κ1) is 15.2. The van der Waals surface area contributed by atoms with E-state index in [1.807, 2.05) is 12.3 Å². The molecule has 0 spiro atoms. The van der Waals surface area contributed by atoms with Crippen LogP contribution < -0.4 is 5.32 Å². The second kappa shape index (κ2) is 6.97. The molecule has 1 heterocycles. The zero-order valence-corrected chi connectivity index (χ0v) is 13.3. The van der Waals surface area contributed by atoms with E-state index in [0.717, 1.165) is 15.6 Å². The molecular weight excluding hydrogens is 316 g/mol. The normalized spacial score (nSPS) is 14.0. The topological polar surface area (TPSA) is 45.1 Å². The van der Waals surface area contributed by atoms with Crippen LogP contribution in [-0.4, -0.2) is 22.7 Å². The minimum atomic E-state index is -0.386. The molecule has 0 bridgehead atoms. The lowest BCUT2D eigenvalue weighted by atomic mass is 9.99. The van der Waals surface area contributed by atoms with E-state index in [9.17, 15) is 5.11 Å². The zero-order valence-electron chi connectivity index (χ0n) is 11.7. The van der Waals surface area contributed by atoms with Crippen LogP contribution in [0.2, 0.25) is 0 Å². The highest BCUT2D eigenvalue weighted by Crippen LogP contribution is 2.24. The molecule has 2 N–H and O–H groups in total. The van der Waals surface area contributed by atoms with E-state index in [1.54, 1.807) is 13.1 Å². The van der Waals surface area contributed by atoms with Gasteiger partial charge in [-0.25, -0.2) is 0 Å². The summed E-state index contributed by atoms with van der Waals surface area (Å²) in [7, 11) is 0. The van der Waals surface area contributed by atoms with Crippen molar-refractivity contribution in [3.63, 3.8) is 0 Å². The first-order valence-electron chi connectivity index (χ1n) is 6.64. The number of hydrogen-bond donors (Lipinski definition) is 2. The molecule has 0 aliphatic carbocycles. The molecule has 0 fully saturated rings. The third-order valence-electron chi connectivity index (χ3n) is 3.09. The molecule has 2 aromatic rings. The average Bonchev–Trinajstić information content (AvgIpc) is 2.41. The molecule has 0 radical (unpaired) electrons. The van der Waals surface area contributed by atoms with Crippen molar-refractivity contribution in [1.82, 2.24) is 10.3 Å². The van der Waals surface area contributed by atoms with E-state index >= 15 is 0 Å². The number of aliphatic hydroxyl groups is 1. The number of hydrogen-bond acceptors (Lipinski definition) is 3. The van der Waals surface area contributed by atoms with Gasteiger partial charge in [0.05, 0.1) is 12.1 Å². The van der Waals surface area contributed by atoms with Gasteiger partial charge >= 0.3 is 0 Å². The zero-order chi connectivity index (χ0) is 14.5. The minimum absolute atomic E-state index is 0.0233. The van der Waals surface area contributed by atoms with Gasteiger partial charge in [-0.1, -0.05) is 29.8 Å². The third-order valence-corrected chi connectivity index (χ3v) is 3.52. The van der Waals surface area contributed by atoms with Gasteiger partial charge in [0, 0.05) is 23.4 Å². The molecular formula is C16H19BrN2O. The fourth-order valence-corrected chi connectivity index (χ4v) is 2.44. The van der Waals surface area contributed by atoms with E-state index in [0.29, 0.717) is 6.54 Å². The SMILES string of the molecule is Cc1ccc(C(NCC(C)O)c2cncc(Br)c2)cc1. The van der Waals surface area contributed by atoms with Gasteiger partial charge in [0.15, 0.2) is 0 Å². The van der Waals surface area contributed by atoms with Crippen molar-refractivity contribution in [2.75, 3.05) is 6.54 Å². The summed E-state index contributed by atoms with van der Waals surface area (Å²) in [6, 6.07) is 10.5. The number of aliphatic hydroxyl groups excluding tert-OH is 1. The van der Waals surface area contributed by atoms with Crippen molar-refractivity contribution in [2.24, 2.45) is 0 Å². The van der Waals surface area contributed by atoms with Gasteiger partial charge in [0.25, 0.3) is 0 Å². The summed E-state index contributed by atoms with van der Waals surface area (Å²) in [6.45, 7) is 4.38. The first-order chi connectivity index (χ1) is 9.56. The summed E-state index contributed by atoms with van der Waals surface area (Å²) in [5.41, 5.74) is 3.47. The Bertz CT molecular complexity index is 555. The van der Waals surface area contributed by atoms with Crippen LogP contribution in [0, 0.1) is 6.92 Å². The summed E-state index contributed by atoms with van der Waals surface area (Å²) in [5.74, 6) is 0. The van der Waals surface area contributed by atoms with Crippen LogP contribution in [-0.2, 0) is 0 Å². The van der Waals surface area contributed by atoms with E-state index in [-0.39, 0.29) is 12.1 Å².